The second-order valence-corrected chi connectivity index (χ2v) is 5.73. The number of hydrogen-bond acceptors (Lipinski definition) is 4. The maximum absolute atomic E-state index is 6.17. The summed E-state index contributed by atoms with van der Waals surface area (Å²) in [5.74, 6) is 0.570. The van der Waals surface area contributed by atoms with Gasteiger partial charge in [-0.25, -0.2) is 0 Å². The van der Waals surface area contributed by atoms with Crippen molar-refractivity contribution in [1.82, 2.24) is 4.98 Å². The van der Waals surface area contributed by atoms with Crippen molar-refractivity contribution in [2.24, 2.45) is 0 Å². The predicted octanol–water partition coefficient (Wildman–Crippen LogP) is 2.04. The van der Waals surface area contributed by atoms with Gasteiger partial charge in [0.05, 0.1) is 29.5 Å². The minimum atomic E-state index is -0.541. The van der Waals surface area contributed by atoms with E-state index in [-0.39, 0.29) is 0 Å². The summed E-state index contributed by atoms with van der Waals surface area (Å²) in [6.07, 6.45) is 3.16. The van der Waals surface area contributed by atoms with Crippen LogP contribution in [0.15, 0.2) is 12.4 Å². The van der Waals surface area contributed by atoms with Gasteiger partial charge in [0, 0.05) is 11.7 Å². The Bertz CT molecular complexity index is 449. The molecule has 0 unspecified atom stereocenters. The van der Waals surface area contributed by atoms with Crippen molar-refractivity contribution in [3.8, 4) is 5.75 Å². The minimum Gasteiger partial charge on any atom is -0.495 e. The summed E-state index contributed by atoms with van der Waals surface area (Å²) < 4.78 is 17.2. The normalized spacial score (nSPS) is 21.1. The molecular formula is C12H17BClNO3. The molecule has 0 spiro atoms. The quantitative estimate of drug-likeness (QED) is 0.771. The zero-order valence-corrected chi connectivity index (χ0v) is 12.0. The highest BCUT2D eigenvalue weighted by Gasteiger charge is 2.53. The standard InChI is InChI=1S/C12H17BClNO3/c1-11(2)12(3,4)18-13(17-11)10-8(14)6-15-7-9(10)16-5/h6-7H,1-5H3. The summed E-state index contributed by atoms with van der Waals surface area (Å²) in [5.41, 5.74) is -0.127. The second kappa shape index (κ2) is 4.40. The van der Waals surface area contributed by atoms with Gasteiger partial charge in [-0.05, 0) is 27.7 Å². The first-order valence-electron chi connectivity index (χ1n) is 5.81. The molecule has 0 atom stereocenters. The number of halogens is 1. The Morgan fingerprint density at radius 2 is 1.72 bits per heavy atom. The first kappa shape index (κ1) is 13.7. The molecule has 1 fully saturated rings. The number of hydrogen-bond donors (Lipinski definition) is 0. The topological polar surface area (TPSA) is 40.6 Å². The van der Waals surface area contributed by atoms with E-state index in [1.165, 1.54) is 0 Å². The van der Waals surface area contributed by atoms with Gasteiger partial charge in [-0.15, -0.1) is 0 Å². The van der Waals surface area contributed by atoms with Crippen LogP contribution >= 0.6 is 11.6 Å². The zero-order valence-electron chi connectivity index (χ0n) is 11.3. The Morgan fingerprint density at radius 3 is 2.22 bits per heavy atom. The lowest BCUT2D eigenvalue weighted by Crippen LogP contribution is -2.41. The lowest BCUT2D eigenvalue weighted by Gasteiger charge is -2.32. The molecule has 1 aromatic heterocycles. The Morgan fingerprint density at radius 1 is 1.17 bits per heavy atom. The van der Waals surface area contributed by atoms with Crippen LogP contribution in [0.3, 0.4) is 0 Å². The Kier molecular flexibility index (Phi) is 3.34. The third-order valence-electron chi connectivity index (χ3n) is 3.61. The lowest BCUT2D eigenvalue weighted by atomic mass is 9.79. The number of rotatable bonds is 2. The summed E-state index contributed by atoms with van der Waals surface area (Å²) in [5, 5.41) is 0.479. The van der Waals surface area contributed by atoms with Crippen LogP contribution in [0.25, 0.3) is 0 Å². The van der Waals surface area contributed by atoms with Crippen molar-refractivity contribution in [2.45, 2.75) is 38.9 Å². The molecule has 98 valence electrons. The van der Waals surface area contributed by atoms with Crippen LogP contribution in [-0.2, 0) is 9.31 Å². The van der Waals surface area contributed by atoms with Gasteiger partial charge in [-0.2, -0.15) is 0 Å². The molecular weight excluding hydrogens is 252 g/mol. The van der Waals surface area contributed by atoms with Crippen LogP contribution < -0.4 is 10.2 Å². The Hall–Kier alpha value is -0.775. The van der Waals surface area contributed by atoms with Crippen molar-refractivity contribution in [2.75, 3.05) is 7.11 Å². The molecule has 1 saturated heterocycles. The van der Waals surface area contributed by atoms with Gasteiger partial charge in [0.25, 0.3) is 0 Å². The van der Waals surface area contributed by atoms with Gasteiger partial charge in [-0.1, -0.05) is 11.6 Å². The molecule has 1 aliphatic heterocycles. The molecule has 4 nitrogen and oxygen atoms in total. The largest absolute Gasteiger partial charge is 0.500 e. The van der Waals surface area contributed by atoms with E-state index in [1.807, 2.05) is 27.7 Å². The summed E-state index contributed by atoms with van der Waals surface area (Å²) in [7, 11) is 1.03. The zero-order chi connectivity index (χ0) is 13.6. The van der Waals surface area contributed by atoms with Crippen LogP contribution in [0.4, 0.5) is 0 Å². The molecule has 1 aromatic rings. The monoisotopic (exact) mass is 269 g/mol. The number of nitrogens with zero attached hydrogens (tertiary/aromatic N) is 1. The molecule has 2 heterocycles. The van der Waals surface area contributed by atoms with E-state index in [0.717, 1.165) is 0 Å². The fraction of sp³-hybridized carbons (Fsp3) is 0.583. The minimum absolute atomic E-state index is 0.407. The molecule has 0 aliphatic carbocycles. The number of methoxy groups -OCH3 is 1. The first-order valence-corrected chi connectivity index (χ1v) is 6.19. The number of ether oxygens (including phenoxy) is 1. The van der Waals surface area contributed by atoms with Gasteiger partial charge in [-0.3, -0.25) is 4.98 Å². The first-order chi connectivity index (χ1) is 8.28. The molecule has 0 bridgehead atoms. The number of aromatic nitrogens is 1. The maximum atomic E-state index is 6.17. The van der Waals surface area contributed by atoms with Crippen molar-refractivity contribution in [3.63, 3.8) is 0 Å². The smallest absolute Gasteiger partial charge is 0.495 e. The van der Waals surface area contributed by atoms with Crippen LogP contribution in [0.1, 0.15) is 27.7 Å². The van der Waals surface area contributed by atoms with E-state index in [2.05, 4.69) is 4.98 Å². The van der Waals surface area contributed by atoms with Gasteiger partial charge in [0.15, 0.2) is 0 Å². The van der Waals surface area contributed by atoms with E-state index >= 15 is 0 Å². The second-order valence-electron chi connectivity index (χ2n) is 5.33. The molecule has 0 aromatic carbocycles. The highest BCUT2D eigenvalue weighted by Crippen LogP contribution is 2.37. The van der Waals surface area contributed by atoms with Gasteiger partial charge >= 0.3 is 7.12 Å². The third kappa shape index (κ3) is 2.11. The molecule has 0 N–H and O–H groups in total. The van der Waals surface area contributed by atoms with Gasteiger partial charge in [0.2, 0.25) is 0 Å². The molecule has 18 heavy (non-hydrogen) atoms. The van der Waals surface area contributed by atoms with Crippen LogP contribution in [0, 0.1) is 0 Å². The molecule has 0 saturated carbocycles. The predicted molar refractivity (Wildman–Crippen MR) is 71.5 cm³/mol. The Labute approximate surface area is 113 Å². The maximum Gasteiger partial charge on any atom is 0.500 e. The molecule has 6 heteroatoms. The summed E-state index contributed by atoms with van der Waals surface area (Å²) in [6.45, 7) is 7.98. The van der Waals surface area contributed by atoms with Gasteiger partial charge < -0.3 is 14.0 Å². The average molecular weight is 270 g/mol. The summed E-state index contributed by atoms with van der Waals surface area (Å²) >= 11 is 6.17. The SMILES string of the molecule is COc1cncc(Cl)c1B1OC(C)(C)C(C)(C)O1. The van der Waals surface area contributed by atoms with E-state index in [9.17, 15) is 0 Å². The summed E-state index contributed by atoms with van der Waals surface area (Å²) in [4.78, 5) is 3.99. The van der Waals surface area contributed by atoms with E-state index < -0.39 is 18.3 Å². The number of pyridine rings is 1. The third-order valence-corrected chi connectivity index (χ3v) is 3.91. The van der Waals surface area contributed by atoms with Crippen LogP contribution in [-0.4, -0.2) is 30.4 Å². The van der Waals surface area contributed by atoms with Crippen molar-refractivity contribution in [3.05, 3.63) is 17.4 Å². The van der Waals surface area contributed by atoms with Crippen LogP contribution in [0.2, 0.25) is 5.02 Å². The molecule has 0 radical (unpaired) electrons. The van der Waals surface area contributed by atoms with E-state index in [1.54, 1.807) is 19.5 Å². The van der Waals surface area contributed by atoms with E-state index in [0.29, 0.717) is 16.2 Å². The van der Waals surface area contributed by atoms with Crippen molar-refractivity contribution < 1.29 is 14.0 Å². The molecule has 1 aliphatic rings. The molecule has 2 rings (SSSR count). The highest BCUT2D eigenvalue weighted by molar-refractivity contribution is 6.66. The fourth-order valence-corrected chi connectivity index (χ4v) is 2.02. The molecule has 0 amide bonds. The fourth-order valence-electron chi connectivity index (χ4n) is 1.78. The van der Waals surface area contributed by atoms with Gasteiger partial charge in [0.1, 0.15) is 5.75 Å². The van der Waals surface area contributed by atoms with Crippen molar-refractivity contribution >= 4 is 24.2 Å². The lowest BCUT2D eigenvalue weighted by molar-refractivity contribution is 0.00578. The summed E-state index contributed by atoms with van der Waals surface area (Å²) in [6, 6.07) is 0. The average Bonchev–Trinajstić information content (AvgIpc) is 2.47. The Balaban J connectivity index is 2.41. The van der Waals surface area contributed by atoms with Crippen LogP contribution in [0.5, 0.6) is 5.75 Å². The van der Waals surface area contributed by atoms with E-state index in [4.69, 9.17) is 25.6 Å². The highest BCUT2D eigenvalue weighted by atomic mass is 35.5. The van der Waals surface area contributed by atoms with Crippen molar-refractivity contribution in [1.29, 1.82) is 0 Å².